The number of carbonyl (C=O) groups excluding carboxylic acids is 2. The molecule has 1 saturated heterocycles. The molecular weight excluding hydrogens is 370 g/mol. The van der Waals surface area contributed by atoms with E-state index in [1.54, 1.807) is 36.3 Å². The molecule has 1 aliphatic rings. The molecule has 142 valence electrons. The maximum atomic E-state index is 12.3. The third-order valence-corrected chi connectivity index (χ3v) is 4.47. The van der Waals surface area contributed by atoms with Crippen LogP contribution in [0.2, 0.25) is 5.02 Å². The van der Waals surface area contributed by atoms with Gasteiger partial charge in [-0.25, -0.2) is 4.79 Å². The molecule has 1 aliphatic heterocycles. The van der Waals surface area contributed by atoms with Crippen LogP contribution in [0.3, 0.4) is 0 Å². The molecule has 3 rings (SSSR count). The summed E-state index contributed by atoms with van der Waals surface area (Å²) in [5, 5.41) is 6.00. The molecule has 2 N–H and O–H groups in total. The van der Waals surface area contributed by atoms with Crippen LogP contribution in [0.25, 0.3) is 0 Å². The number of rotatable bonds is 5. The van der Waals surface area contributed by atoms with E-state index in [0.29, 0.717) is 28.8 Å². The largest absolute Gasteiger partial charge is 0.497 e. The molecule has 1 fully saturated rings. The zero-order valence-electron chi connectivity index (χ0n) is 15.0. The smallest absolute Gasteiger partial charge is 0.319 e. The van der Waals surface area contributed by atoms with Crippen molar-refractivity contribution in [3.8, 4) is 11.5 Å². The van der Waals surface area contributed by atoms with Crippen LogP contribution < -0.4 is 25.0 Å². The average molecular weight is 390 g/mol. The number of hydrogen-bond acceptors (Lipinski definition) is 4. The van der Waals surface area contributed by atoms with Gasteiger partial charge in [0.1, 0.15) is 11.5 Å². The maximum Gasteiger partial charge on any atom is 0.319 e. The second-order valence-electron chi connectivity index (χ2n) is 6.05. The fourth-order valence-electron chi connectivity index (χ4n) is 2.95. The van der Waals surface area contributed by atoms with E-state index in [2.05, 4.69) is 10.6 Å². The van der Waals surface area contributed by atoms with Crippen molar-refractivity contribution in [2.75, 3.05) is 31.0 Å². The van der Waals surface area contributed by atoms with Gasteiger partial charge in [0, 0.05) is 29.7 Å². The van der Waals surface area contributed by atoms with Gasteiger partial charge in [-0.1, -0.05) is 17.7 Å². The molecule has 0 unspecified atom stereocenters. The third-order valence-electron chi connectivity index (χ3n) is 4.23. The highest BCUT2D eigenvalue weighted by molar-refractivity contribution is 6.31. The lowest BCUT2D eigenvalue weighted by atomic mass is 10.2. The fourth-order valence-corrected chi connectivity index (χ4v) is 3.13. The number of amides is 3. The van der Waals surface area contributed by atoms with Crippen molar-refractivity contribution in [3.05, 3.63) is 47.5 Å². The number of methoxy groups -OCH3 is 2. The normalized spacial score (nSPS) is 16.2. The van der Waals surface area contributed by atoms with Gasteiger partial charge in [0.15, 0.2) is 0 Å². The van der Waals surface area contributed by atoms with E-state index < -0.39 is 6.03 Å². The lowest BCUT2D eigenvalue weighted by molar-refractivity contribution is -0.117. The number of urea groups is 1. The van der Waals surface area contributed by atoms with Crippen LogP contribution in [0, 0.1) is 0 Å². The predicted molar refractivity (Wildman–Crippen MR) is 104 cm³/mol. The first-order chi connectivity index (χ1) is 13.0. The number of hydrogen-bond donors (Lipinski definition) is 2. The Morgan fingerprint density at radius 1 is 1.19 bits per heavy atom. The van der Waals surface area contributed by atoms with E-state index in [-0.39, 0.29) is 18.4 Å². The number of carbonyl (C=O) groups is 2. The monoisotopic (exact) mass is 389 g/mol. The quantitative estimate of drug-likeness (QED) is 0.822. The van der Waals surface area contributed by atoms with E-state index >= 15 is 0 Å². The van der Waals surface area contributed by atoms with E-state index in [4.69, 9.17) is 21.1 Å². The van der Waals surface area contributed by atoms with Crippen LogP contribution in [0.1, 0.15) is 6.42 Å². The maximum absolute atomic E-state index is 12.3. The van der Waals surface area contributed by atoms with E-state index in [0.717, 1.165) is 5.69 Å². The topological polar surface area (TPSA) is 79.9 Å². The molecule has 0 aliphatic carbocycles. The van der Waals surface area contributed by atoms with Crippen molar-refractivity contribution in [2.45, 2.75) is 12.5 Å². The van der Waals surface area contributed by atoms with Crippen LogP contribution in [0.4, 0.5) is 16.2 Å². The molecule has 2 aromatic rings. The van der Waals surface area contributed by atoms with Gasteiger partial charge in [-0.2, -0.15) is 0 Å². The van der Waals surface area contributed by atoms with Gasteiger partial charge in [0.2, 0.25) is 5.91 Å². The molecule has 0 radical (unpaired) electrons. The molecule has 8 heteroatoms. The summed E-state index contributed by atoms with van der Waals surface area (Å²) in [7, 11) is 3.08. The van der Waals surface area contributed by atoms with E-state index in [9.17, 15) is 9.59 Å². The summed E-state index contributed by atoms with van der Waals surface area (Å²) in [6.45, 7) is 0.381. The van der Waals surface area contributed by atoms with Gasteiger partial charge in [0.25, 0.3) is 0 Å². The van der Waals surface area contributed by atoms with Crippen LogP contribution in [0.15, 0.2) is 42.5 Å². The minimum absolute atomic E-state index is 0.0612. The van der Waals surface area contributed by atoms with E-state index in [1.165, 1.54) is 7.11 Å². The first-order valence-electron chi connectivity index (χ1n) is 8.35. The summed E-state index contributed by atoms with van der Waals surface area (Å²) in [5.74, 6) is 1.10. The van der Waals surface area contributed by atoms with Crippen molar-refractivity contribution in [1.29, 1.82) is 0 Å². The van der Waals surface area contributed by atoms with Crippen LogP contribution in [-0.2, 0) is 4.79 Å². The number of nitrogens with zero attached hydrogens (tertiary/aromatic N) is 1. The molecule has 27 heavy (non-hydrogen) atoms. The zero-order chi connectivity index (χ0) is 19.4. The highest BCUT2D eigenvalue weighted by Crippen LogP contribution is 2.28. The van der Waals surface area contributed by atoms with Gasteiger partial charge in [-0.15, -0.1) is 0 Å². The van der Waals surface area contributed by atoms with Gasteiger partial charge in [0.05, 0.1) is 25.9 Å². The number of anilines is 2. The summed E-state index contributed by atoms with van der Waals surface area (Å²) in [6.07, 6.45) is 0.220. The van der Waals surface area contributed by atoms with Gasteiger partial charge >= 0.3 is 6.03 Å². The van der Waals surface area contributed by atoms with Gasteiger partial charge in [-0.3, -0.25) is 4.79 Å². The van der Waals surface area contributed by atoms with Crippen molar-refractivity contribution in [2.24, 2.45) is 0 Å². The Bertz CT molecular complexity index is 859. The molecule has 0 aromatic heterocycles. The summed E-state index contributed by atoms with van der Waals surface area (Å²) < 4.78 is 10.4. The van der Waals surface area contributed by atoms with E-state index in [1.807, 2.05) is 18.2 Å². The molecule has 0 bridgehead atoms. The standard InChI is InChI=1S/C19H20ClN3O4/c1-26-15-5-3-4-14(10-15)23-11-13(9-18(23)24)21-19(25)22-16-8-12(20)6-7-17(16)27-2/h3-8,10,13H,9,11H2,1-2H3,(H2,21,22,25)/t13-/m1/s1. The van der Waals surface area contributed by atoms with Crippen LogP contribution >= 0.6 is 11.6 Å². The Kier molecular flexibility index (Phi) is 5.71. The Balaban J connectivity index is 1.64. The first-order valence-corrected chi connectivity index (χ1v) is 8.73. The van der Waals surface area contributed by atoms with Crippen LogP contribution in [-0.4, -0.2) is 38.7 Å². The number of nitrogens with one attached hydrogen (secondary N) is 2. The Morgan fingerprint density at radius 2 is 2.00 bits per heavy atom. The SMILES string of the molecule is COc1cccc(N2C[C@H](NC(=O)Nc3cc(Cl)ccc3OC)CC2=O)c1. The van der Waals surface area contributed by atoms with Gasteiger partial charge < -0.3 is 25.0 Å². The lowest BCUT2D eigenvalue weighted by Crippen LogP contribution is -2.39. The molecule has 1 atom stereocenters. The number of ether oxygens (including phenoxy) is 2. The van der Waals surface area contributed by atoms with Crippen molar-refractivity contribution in [1.82, 2.24) is 5.32 Å². The molecule has 3 amide bonds. The fraction of sp³-hybridized carbons (Fsp3) is 0.263. The predicted octanol–water partition coefficient (Wildman–Crippen LogP) is 3.28. The third kappa shape index (κ3) is 4.43. The molecule has 1 heterocycles. The molecule has 0 spiro atoms. The summed E-state index contributed by atoms with van der Waals surface area (Å²) >= 11 is 5.97. The summed E-state index contributed by atoms with van der Waals surface area (Å²) in [4.78, 5) is 26.3. The minimum atomic E-state index is -0.430. The van der Waals surface area contributed by atoms with Crippen molar-refractivity contribution >= 4 is 34.9 Å². The highest BCUT2D eigenvalue weighted by atomic mass is 35.5. The molecular formula is C19H20ClN3O4. The summed E-state index contributed by atoms with van der Waals surface area (Å²) in [6, 6.07) is 11.5. The number of benzene rings is 2. The Morgan fingerprint density at radius 3 is 2.74 bits per heavy atom. The van der Waals surface area contributed by atoms with Crippen LogP contribution in [0.5, 0.6) is 11.5 Å². The molecule has 2 aromatic carbocycles. The Hall–Kier alpha value is -2.93. The second kappa shape index (κ2) is 8.18. The Labute approximate surface area is 162 Å². The first kappa shape index (κ1) is 18.8. The second-order valence-corrected chi connectivity index (χ2v) is 6.49. The lowest BCUT2D eigenvalue weighted by Gasteiger charge is -2.18. The minimum Gasteiger partial charge on any atom is -0.497 e. The summed E-state index contributed by atoms with van der Waals surface area (Å²) in [5.41, 5.74) is 1.19. The van der Waals surface area contributed by atoms with Gasteiger partial charge in [-0.05, 0) is 30.3 Å². The van der Waals surface area contributed by atoms with Crippen molar-refractivity contribution < 1.29 is 19.1 Å². The molecule has 0 saturated carbocycles. The average Bonchev–Trinajstić information content (AvgIpc) is 3.02. The molecule has 7 nitrogen and oxygen atoms in total. The highest BCUT2D eigenvalue weighted by Gasteiger charge is 2.31. The zero-order valence-corrected chi connectivity index (χ0v) is 15.7. The number of halogens is 1. The van der Waals surface area contributed by atoms with Crippen molar-refractivity contribution in [3.63, 3.8) is 0 Å².